The second-order valence-corrected chi connectivity index (χ2v) is 6.34. The molecule has 0 bridgehead atoms. The van der Waals surface area contributed by atoms with Crippen LogP contribution in [0.2, 0.25) is 0 Å². The molecule has 0 saturated heterocycles. The Morgan fingerprint density at radius 2 is 1.27 bits per heavy atom. The van der Waals surface area contributed by atoms with Crippen molar-refractivity contribution in [1.82, 2.24) is 10.6 Å². The number of benzene rings is 1. The number of amides is 2. The van der Waals surface area contributed by atoms with Gasteiger partial charge in [0.15, 0.2) is 0 Å². The second kappa shape index (κ2) is 7.84. The summed E-state index contributed by atoms with van der Waals surface area (Å²) in [6.45, 7) is 0. The topological polar surface area (TPSA) is 74.8 Å². The first-order valence-corrected chi connectivity index (χ1v) is 8.10. The van der Waals surface area contributed by atoms with Crippen LogP contribution in [0.5, 0.6) is 5.75 Å². The third kappa shape index (κ3) is 4.34. The molecule has 0 spiro atoms. The molecular formula is C15H10F12N4O2. The van der Waals surface area contributed by atoms with Crippen molar-refractivity contribution in [2.45, 2.75) is 35.9 Å². The highest BCUT2D eigenvalue weighted by molar-refractivity contribution is 6.09. The van der Waals surface area contributed by atoms with Crippen LogP contribution in [0.15, 0.2) is 29.3 Å². The Bertz CT molecular complexity index is 887. The molecule has 18 heteroatoms. The number of hydrogen-bond acceptors (Lipinski definition) is 4. The third-order valence-corrected chi connectivity index (χ3v) is 4.25. The monoisotopic (exact) mass is 506 g/mol. The molecule has 0 unspecified atom stereocenters. The van der Waals surface area contributed by atoms with Crippen molar-refractivity contribution in [3.8, 4) is 5.75 Å². The normalized spacial score (nSPS) is 18.5. The van der Waals surface area contributed by atoms with Gasteiger partial charge in [0.25, 0.3) is 5.54 Å². The van der Waals surface area contributed by atoms with Gasteiger partial charge >= 0.3 is 36.4 Å². The molecule has 0 aliphatic carbocycles. The van der Waals surface area contributed by atoms with Crippen LogP contribution in [0.4, 0.5) is 63.2 Å². The number of carbonyl (C=O) groups excluding carboxylic acids is 1. The van der Waals surface area contributed by atoms with Crippen LogP contribution < -0.4 is 20.7 Å². The lowest BCUT2D eigenvalue weighted by Crippen LogP contribution is -2.77. The third-order valence-electron chi connectivity index (χ3n) is 4.25. The Morgan fingerprint density at radius 3 is 1.64 bits per heavy atom. The van der Waals surface area contributed by atoms with E-state index in [9.17, 15) is 57.5 Å². The number of urea groups is 1. The van der Waals surface area contributed by atoms with E-state index in [0.717, 1.165) is 29.6 Å². The molecule has 33 heavy (non-hydrogen) atoms. The lowest BCUT2D eigenvalue weighted by molar-refractivity contribution is -0.333. The van der Waals surface area contributed by atoms with Crippen LogP contribution in [-0.4, -0.2) is 54.9 Å². The Balaban J connectivity index is 2.61. The highest BCUT2D eigenvalue weighted by Crippen LogP contribution is 2.55. The Labute approximate surface area is 175 Å². The van der Waals surface area contributed by atoms with Crippen LogP contribution in [0.3, 0.4) is 0 Å². The van der Waals surface area contributed by atoms with Gasteiger partial charge in [-0.15, -0.1) is 0 Å². The number of rotatable bonds is 2. The van der Waals surface area contributed by atoms with E-state index in [1.165, 1.54) is 7.11 Å². The highest BCUT2D eigenvalue weighted by atomic mass is 19.4. The van der Waals surface area contributed by atoms with Gasteiger partial charge in [-0.1, -0.05) is 0 Å². The average molecular weight is 506 g/mol. The fourth-order valence-corrected chi connectivity index (χ4v) is 2.68. The Kier molecular flexibility index (Phi) is 6.26. The van der Waals surface area contributed by atoms with Crippen molar-refractivity contribution in [3.63, 3.8) is 0 Å². The Hall–Kier alpha value is -2.92. The number of nitrogens with one attached hydrogen (secondary N) is 3. The summed E-state index contributed by atoms with van der Waals surface area (Å²) in [7, 11) is 1.22. The van der Waals surface area contributed by atoms with Crippen molar-refractivity contribution in [2.24, 2.45) is 4.99 Å². The molecule has 0 saturated carbocycles. The summed E-state index contributed by atoms with van der Waals surface area (Å²) in [5.41, 5.74) is -12.4. The van der Waals surface area contributed by atoms with E-state index in [-0.39, 0.29) is 11.4 Å². The van der Waals surface area contributed by atoms with Crippen molar-refractivity contribution < 1.29 is 62.2 Å². The maximum Gasteiger partial charge on any atom is 0.436 e. The molecule has 0 atom stereocenters. The first-order chi connectivity index (χ1) is 14.7. The summed E-state index contributed by atoms with van der Waals surface area (Å²) < 4.78 is 165. The number of ether oxygens (including phenoxy) is 1. The van der Waals surface area contributed by atoms with E-state index in [1.54, 1.807) is 10.3 Å². The Morgan fingerprint density at radius 1 is 0.818 bits per heavy atom. The van der Waals surface area contributed by atoms with Gasteiger partial charge < -0.3 is 10.1 Å². The number of halogens is 12. The van der Waals surface area contributed by atoms with Crippen LogP contribution in [0.1, 0.15) is 0 Å². The number of alkyl halides is 12. The van der Waals surface area contributed by atoms with Gasteiger partial charge in [0.2, 0.25) is 0 Å². The zero-order valence-electron chi connectivity index (χ0n) is 15.6. The molecule has 0 fully saturated rings. The van der Waals surface area contributed by atoms with Crippen molar-refractivity contribution in [3.05, 3.63) is 24.3 Å². The summed E-state index contributed by atoms with van der Waals surface area (Å²) in [4.78, 5) is 13.6. The molecule has 0 radical (unpaired) electrons. The van der Waals surface area contributed by atoms with E-state index in [2.05, 4.69) is 0 Å². The number of carbonyl (C=O) groups is 1. The standard InChI is InChI=1S/C15H10F12N4O2/c1-33-7-4-2-6(3-5-7)28-9(32)29-8-10(12(16,17)18,13(19,20)21)31-11(30-8,14(22,23)24)15(25,26)27/h2-5,31H,1H3,(H2,28,29,30,32). The molecule has 1 heterocycles. The number of anilines is 1. The smallest absolute Gasteiger partial charge is 0.436 e. The van der Waals surface area contributed by atoms with E-state index < -0.39 is 53.1 Å². The zero-order valence-corrected chi connectivity index (χ0v) is 15.6. The summed E-state index contributed by atoms with van der Waals surface area (Å²) in [5, 5.41) is 1.93. The molecule has 1 aromatic rings. The first kappa shape index (κ1) is 26.3. The molecule has 0 aromatic heterocycles. The molecule has 1 aromatic carbocycles. The van der Waals surface area contributed by atoms with E-state index in [0.29, 0.717) is 0 Å². The van der Waals surface area contributed by atoms with Crippen molar-refractivity contribution >= 4 is 17.6 Å². The zero-order chi connectivity index (χ0) is 25.7. The predicted molar refractivity (Wildman–Crippen MR) is 85.4 cm³/mol. The van der Waals surface area contributed by atoms with Crippen molar-refractivity contribution in [1.29, 1.82) is 0 Å². The van der Waals surface area contributed by atoms with Crippen LogP contribution >= 0.6 is 0 Å². The van der Waals surface area contributed by atoms with Gasteiger partial charge in [-0.2, -0.15) is 52.7 Å². The quantitative estimate of drug-likeness (QED) is 0.518. The molecular weight excluding hydrogens is 496 g/mol. The lowest BCUT2D eigenvalue weighted by Gasteiger charge is -2.39. The largest absolute Gasteiger partial charge is 0.497 e. The van der Waals surface area contributed by atoms with Gasteiger partial charge in [0.1, 0.15) is 11.6 Å². The highest BCUT2D eigenvalue weighted by Gasteiger charge is 2.86. The summed E-state index contributed by atoms with van der Waals surface area (Å²) >= 11 is 0. The number of hydrogen-bond donors (Lipinski definition) is 3. The molecule has 3 N–H and O–H groups in total. The number of amidine groups is 1. The minimum Gasteiger partial charge on any atom is -0.497 e. The number of nitrogens with zero attached hydrogens (tertiary/aromatic N) is 1. The summed E-state index contributed by atoms with van der Waals surface area (Å²) in [5.74, 6) is -2.82. The predicted octanol–water partition coefficient (Wildman–Crippen LogP) is 4.50. The van der Waals surface area contributed by atoms with E-state index in [1.807, 2.05) is 0 Å². The number of aliphatic imine (C=N–C) groups is 1. The van der Waals surface area contributed by atoms with Gasteiger partial charge in [0.05, 0.1) is 7.11 Å². The molecule has 1 aliphatic heterocycles. The fourth-order valence-electron chi connectivity index (χ4n) is 2.68. The van der Waals surface area contributed by atoms with Crippen molar-refractivity contribution in [2.75, 3.05) is 12.4 Å². The maximum absolute atomic E-state index is 13.5. The first-order valence-electron chi connectivity index (χ1n) is 8.10. The van der Waals surface area contributed by atoms with E-state index >= 15 is 0 Å². The molecule has 186 valence electrons. The van der Waals surface area contributed by atoms with Crippen LogP contribution in [0, 0.1) is 0 Å². The SMILES string of the molecule is COc1ccc(NC(=O)NC2=NC(C(F)(F)F)(C(F)(F)F)NC2(C(F)(F)F)C(F)(F)F)cc1. The van der Waals surface area contributed by atoms with Gasteiger partial charge in [-0.25, -0.2) is 15.1 Å². The molecule has 1 aliphatic rings. The fraction of sp³-hybridized carbons (Fsp3) is 0.467. The minimum atomic E-state index is -6.87. The minimum absolute atomic E-state index is 0.193. The van der Waals surface area contributed by atoms with Gasteiger partial charge in [0, 0.05) is 5.69 Å². The lowest BCUT2D eigenvalue weighted by atomic mass is 9.95. The summed E-state index contributed by atoms with van der Waals surface area (Å²) in [6.07, 6.45) is -27.4. The second-order valence-electron chi connectivity index (χ2n) is 6.34. The van der Waals surface area contributed by atoms with Crippen LogP contribution in [-0.2, 0) is 0 Å². The number of methoxy groups -OCH3 is 1. The van der Waals surface area contributed by atoms with Gasteiger partial charge in [-0.05, 0) is 24.3 Å². The maximum atomic E-state index is 13.5. The van der Waals surface area contributed by atoms with E-state index in [4.69, 9.17) is 4.74 Å². The molecule has 6 nitrogen and oxygen atoms in total. The summed E-state index contributed by atoms with van der Waals surface area (Å²) in [6, 6.07) is 2.32. The van der Waals surface area contributed by atoms with Gasteiger partial charge in [-0.3, -0.25) is 5.32 Å². The average Bonchev–Trinajstić information content (AvgIpc) is 2.99. The molecule has 2 rings (SSSR count). The molecule has 2 amide bonds. The van der Waals surface area contributed by atoms with Crippen LogP contribution in [0.25, 0.3) is 0 Å².